The molecule has 15 heavy (non-hydrogen) atoms. The van der Waals surface area contributed by atoms with Crippen LogP contribution in [-0.4, -0.2) is 27.2 Å². The molecule has 0 spiro atoms. The fraction of sp³-hybridized carbons (Fsp3) is 0.636. The summed E-state index contributed by atoms with van der Waals surface area (Å²) in [5.41, 5.74) is 1.83. The normalized spacial score (nSPS) is 10.9. The second-order valence-corrected chi connectivity index (χ2v) is 4.27. The Morgan fingerprint density at radius 1 is 1.40 bits per heavy atom. The van der Waals surface area contributed by atoms with Crippen molar-refractivity contribution < 1.29 is 0 Å². The van der Waals surface area contributed by atoms with Gasteiger partial charge in [-0.1, -0.05) is 12.2 Å². The molecular weight excluding hydrogens is 208 g/mol. The zero-order valence-electron chi connectivity index (χ0n) is 9.59. The van der Waals surface area contributed by atoms with Gasteiger partial charge in [-0.05, 0) is 33.4 Å². The number of hydrogen-bond donors (Lipinski definition) is 1. The van der Waals surface area contributed by atoms with E-state index in [4.69, 9.17) is 12.2 Å². The van der Waals surface area contributed by atoms with Gasteiger partial charge >= 0.3 is 0 Å². The van der Waals surface area contributed by atoms with Gasteiger partial charge in [0.05, 0.1) is 5.69 Å². The van der Waals surface area contributed by atoms with Crippen LogP contribution in [0.15, 0.2) is 4.79 Å². The molecule has 0 aliphatic rings. The fourth-order valence-electron chi connectivity index (χ4n) is 1.72. The maximum Gasteiger partial charge on any atom is 0.203 e. The van der Waals surface area contributed by atoms with E-state index >= 15 is 0 Å². The van der Waals surface area contributed by atoms with Crippen molar-refractivity contribution in [1.29, 1.82) is 0 Å². The van der Waals surface area contributed by atoms with Crippen molar-refractivity contribution >= 4 is 17.9 Å². The molecule has 0 saturated heterocycles. The minimum Gasteiger partial charge on any atom is -0.373 e. The molecule has 3 nitrogen and oxygen atoms in total. The smallest absolute Gasteiger partial charge is 0.203 e. The molecule has 1 rings (SSSR count). The average Bonchev–Trinajstić information content (AvgIpc) is 2.24. The van der Waals surface area contributed by atoms with Gasteiger partial charge in [-0.25, -0.2) is 0 Å². The number of anilines is 1. The minimum absolute atomic E-state index is 0.0436. The Balaban J connectivity index is 2.45. The second kappa shape index (κ2) is 5.37. The molecule has 0 heterocycles. The van der Waals surface area contributed by atoms with Gasteiger partial charge in [0.15, 0.2) is 0 Å². The number of rotatable bonds is 6. The Morgan fingerprint density at radius 3 is 2.60 bits per heavy atom. The molecule has 1 aromatic carbocycles. The highest BCUT2D eigenvalue weighted by atomic mass is 32.1. The molecule has 0 atom stereocenters. The number of nitrogens with zero attached hydrogens (tertiary/aromatic N) is 1. The lowest BCUT2D eigenvalue weighted by molar-refractivity contribution is 0.669. The summed E-state index contributed by atoms with van der Waals surface area (Å²) in [4.78, 5) is 13.3. The van der Waals surface area contributed by atoms with Gasteiger partial charge in [0.2, 0.25) is 5.43 Å². The van der Waals surface area contributed by atoms with Crippen LogP contribution in [0.3, 0.4) is 0 Å². The summed E-state index contributed by atoms with van der Waals surface area (Å²) in [5, 5.41) is 3.11. The Hall–Kier alpha value is -0.740. The van der Waals surface area contributed by atoms with Crippen molar-refractivity contribution in [2.75, 3.05) is 32.1 Å². The molecule has 0 aliphatic heterocycles. The topological polar surface area (TPSA) is 32.3 Å². The van der Waals surface area contributed by atoms with E-state index in [-0.39, 0.29) is 5.43 Å². The zero-order chi connectivity index (χ0) is 11.4. The quantitative estimate of drug-likeness (QED) is 0.587. The molecule has 1 aromatic rings. The molecule has 0 radical (unpaired) electrons. The SMILES string of the molecule is CNCCCCN(C)c1c(C)c(=O)c1=S. The molecule has 0 aromatic heterocycles. The lowest BCUT2D eigenvalue weighted by Crippen LogP contribution is -2.28. The first kappa shape index (κ1) is 12.3. The highest BCUT2D eigenvalue weighted by Gasteiger charge is 2.16. The Bertz CT molecular complexity index is 393. The number of unbranched alkanes of at least 4 members (excludes halogenated alkanes) is 1. The Labute approximate surface area is 95.8 Å². The first-order valence-electron chi connectivity index (χ1n) is 5.25. The van der Waals surface area contributed by atoms with Crippen molar-refractivity contribution in [2.45, 2.75) is 19.8 Å². The van der Waals surface area contributed by atoms with Crippen LogP contribution >= 0.6 is 12.2 Å². The molecule has 1 N–H and O–H groups in total. The first-order valence-corrected chi connectivity index (χ1v) is 5.66. The molecule has 84 valence electrons. The third-order valence-electron chi connectivity index (χ3n) is 2.67. The van der Waals surface area contributed by atoms with Crippen LogP contribution < -0.4 is 15.6 Å². The average molecular weight is 226 g/mol. The van der Waals surface area contributed by atoms with Crippen molar-refractivity contribution in [3.8, 4) is 0 Å². The maximum atomic E-state index is 11.2. The second-order valence-electron chi connectivity index (χ2n) is 3.86. The largest absolute Gasteiger partial charge is 0.373 e. The van der Waals surface area contributed by atoms with Crippen LogP contribution in [0.5, 0.6) is 0 Å². The molecule has 0 aliphatic carbocycles. The molecular formula is C11H18N2OS. The zero-order valence-corrected chi connectivity index (χ0v) is 10.4. The van der Waals surface area contributed by atoms with Crippen LogP contribution in [0.4, 0.5) is 5.69 Å². The molecule has 0 fully saturated rings. The van der Waals surface area contributed by atoms with Gasteiger partial charge in [-0.15, -0.1) is 0 Å². The van der Waals surface area contributed by atoms with E-state index in [0.717, 1.165) is 37.2 Å². The van der Waals surface area contributed by atoms with Crippen LogP contribution in [0, 0.1) is 11.4 Å². The predicted molar refractivity (Wildman–Crippen MR) is 67.1 cm³/mol. The van der Waals surface area contributed by atoms with Gasteiger partial charge in [0, 0.05) is 19.2 Å². The van der Waals surface area contributed by atoms with Crippen LogP contribution in [0.25, 0.3) is 0 Å². The maximum absolute atomic E-state index is 11.2. The van der Waals surface area contributed by atoms with Gasteiger partial charge in [0.25, 0.3) is 0 Å². The molecule has 0 saturated carbocycles. The Morgan fingerprint density at radius 2 is 2.07 bits per heavy atom. The van der Waals surface area contributed by atoms with Gasteiger partial charge in [-0.3, -0.25) is 4.79 Å². The molecule has 0 bridgehead atoms. The first-order chi connectivity index (χ1) is 7.09. The predicted octanol–water partition coefficient (Wildman–Crippen LogP) is 1.40. The van der Waals surface area contributed by atoms with Gasteiger partial charge in [0.1, 0.15) is 4.51 Å². The van der Waals surface area contributed by atoms with E-state index in [0.29, 0.717) is 4.51 Å². The van der Waals surface area contributed by atoms with Crippen LogP contribution in [0.1, 0.15) is 18.4 Å². The third kappa shape index (κ3) is 2.63. The standard InChI is InChI=1S/C11H18N2OS/c1-8-9(11(15)10(8)14)13(3)7-5-4-6-12-2/h12H,4-7H2,1-3H3. The number of nitrogens with one attached hydrogen (secondary N) is 1. The van der Waals surface area contributed by atoms with E-state index in [2.05, 4.69) is 10.2 Å². The summed E-state index contributed by atoms with van der Waals surface area (Å²) in [6.07, 6.45) is 2.26. The lowest BCUT2D eigenvalue weighted by Gasteiger charge is -2.23. The summed E-state index contributed by atoms with van der Waals surface area (Å²) < 4.78 is 0.503. The summed E-state index contributed by atoms with van der Waals surface area (Å²) in [7, 11) is 3.95. The fourth-order valence-corrected chi connectivity index (χ4v) is 2.18. The van der Waals surface area contributed by atoms with Crippen molar-refractivity contribution in [3.63, 3.8) is 0 Å². The lowest BCUT2D eigenvalue weighted by atomic mass is 10.1. The summed E-state index contributed by atoms with van der Waals surface area (Å²) in [6.45, 7) is 3.84. The molecule has 0 amide bonds. The van der Waals surface area contributed by atoms with Crippen LogP contribution in [-0.2, 0) is 0 Å². The van der Waals surface area contributed by atoms with Crippen molar-refractivity contribution in [2.24, 2.45) is 0 Å². The molecule has 0 unspecified atom stereocenters. The van der Waals surface area contributed by atoms with Crippen LogP contribution in [0.2, 0.25) is 0 Å². The summed E-state index contributed by atoms with van der Waals surface area (Å²) in [5.74, 6) is 0. The summed E-state index contributed by atoms with van der Waals surface area (Å²) >= 11 is 5.02. The third-order valence-corrected chi connectivity index (χ3v) is 3.05. The van der Waals surface area contributed by atoms with Crippen molar-refractivity contribution in [3.05, 3.63) is 20.3 Å². The van der Waals surface area contributed by atoms with E-state index in [9.17, 15) is 4.79 Å². The monoisotopic (exact) mass is 226 g/mol. The van der Waals surface area contributed by atoms with Gasteiger partial charge in [-0.2, -0.15) is 0 Å². The van der Waals surface area contributed by atoms with E-state index in [1.165, 1.54) is 0 Å². The highest BCUT2D eigenvalue weighted by Crippen LogP contribution is 2.20. The van der Waals surface area contributed by atoms with Crippen molar-refractivity contribution in [1.82, 2.24) is 5.32 Å². The van der Waals surface area contributed by atoms with E-state index in [1.807, 2.05) is 21.0 Å². The van der Waals surface area contributed by atoms with E-state index < -0.39 is 0 Å². The van der Waals surface area contributed by atoms with Gasteiger partial charge < -0.3 is 10.2 Å². The Kier molecular flexibility index (Phi) is 4.42. The molecule has 4 heteroatoms. The minimum atomic E-state index is 0.0436. The summed E-state index contributed by atoms with van der Waals surface area (Å²) in [6, 6.07) is 0. The highest BCUT2D eigenvalue weighted by molar-refractivity contribution is 7.71. The van der Waals surface area contributed by atoms with E-state index in [1.54, 1.807) is 0 Å². The number of hydrogen-bond acceptors (Lipinski definition) is 4.